The van der Waals surface area contributed by atoms with Crippen LogP contribution in [-0.4, -0.2) is 12.3 Å². The van der Waals surface area contributed by atoms with Gasteiger partial charge >= 0.3 is 0 Å². The van der Waals surface area contributed by atoms with Crippen molar-refractivity contribution in [3.63, 3.8) is 0 Å². The quantitative estimate of drug-likeness (QED) is 0.154. The van der Waals surface area contributed by atoms with E-state index in [4.69, 9.17) is 0 Å². The smallest absolute Gasteiger partial charge is 0.252 e. The van der Waals surface area contributed by atoms with E-state index in [9.17, 15) is 0 Å². The van der Waals surface area contributed by atoms with Crippen molar-refractivity contribution < 1.29 is 0 Å². The lowest BCUT2D eigenvalue weighted by Gasteiger charge is -2.51. The minimum Gasteiger partial charge on any atom is -0.334 e. The second-order valence-electron chi connectivity index (χ2n) is 26.3. The number of fused-ring (bicyclic) bond motifs is 8. The summed E-state index contributed by atoms with van der Waals surface area (Å²) < 4.78 is 0. The monoisotopic (exact) mass is 1010 g/mol. The van der Waals surface area contributed by atoms with Gasteiger partial charge in [0, 0.05) is 50.8 Å². The Kier molecular flexibility index (Phi) is 10.9. The molecule has 1 fully saturated rings. The molecule has 0 spiro atoms. The third-order valence-electron chi connectivity index (χ3n) is 19.8. The van der Waals surface area contributed by atoms with Gasteiger partial charge in [-0.05, 0) is 170 Å². The van der Waals surface area contributed by atoms with E-state index in [0.717, 1.165) is 24.9 Å². The van der Waals surface area contributed by atoms with Crippen molar-refractivity contribution in [2.75, 3.05) is 14.7 Å². The number of rotatable bonds is 6. The van der Waals surface area contributed by atoms with Gasteiger partial charge in [0.1, 0.15) is 0 Å². The maximum Gasteiger partial charge on any atom is 0.252 e. The van der Waals surface area contributed by atoms with E-state index in [2.05, 4.69) is 277 Å². The predicted molar refractivity (Wildman–Crippen MR) is 334 cm³/mol. The number of nitrogens with zero attached hydrogens (tertiary/aromatic N) is 3. The Morgan fingerprint density at radius 2 is 0.923 bits per heavy atom. The molecule has 0 saturated heterocycles. The van der Waals surface area contributed by atoms with Crippen LogP contribution in [0, 0.1) is 0 Å². The van der Waals surface area contributed by atoms with E-state index in [0.29, 0.717) is 0 Å². The van der Waals surface area contributed by atoms with Gasteiger partial charge in [-0.2, -0.15) is 0 Å². The molecule has 9 aromatic rings. The minimum absolute atomic E-state index is 0.00237. The van der Waals surface area contributed by atoms with Crippen molar-refractivity contribution in [2.24, 2.45) is 0 Å². The average molecular weight is 1010 g/mol. The highest BCUT2D eigenvalue weighted by Gasteiger charge is 2.58. The summed E-state index contributed by atoms with van der Waals surface area (Å²) in [6.07, 6.45) is 7.04. The molecule has 0 N–H and O–H groups in total. The van der Waals surface area contributed by atoms with Crippen molar-refractivity contribution in [2.45, 2.75) is 128 Å². The first-order valence-corrected chi connectivity index (χ1v) is 29.0. The molecule has 2 aliphatic carbocycles. The Morgan fingerprint density at radius 1 is 0.385 bits per heavy atom. The molecule has 9 aromatic carbocycles. The lowest BCUT2D eigenvalue weighted by molar-refractivity contribution is 0.195. The van der Waals surface area contributed by atoms with E-state index < -0.39 is 0 Å². The summed E-state index contributed by atoms with van der Waals surface area (Å²) in [6, 6.07) is 77.3. The first kappa shape index (κ1) is 48.8. The van der Waals surface area contributed by atoms with Gasteiger partial charge in [0.05, 0.1) is 11.2 Å². The maximum absolute atomic E-state index is 2.81. The van der Waals surface area contributed by atoms with Gasteiger partial charge in [0.15, 0.2) is 0 Å². The third-order valence-corrected chi connectivity index (χ3v) is 19.8. The summed E-state index contributed by atoms with van der Waals surface area (Å²) in [5, 5.41) is 0. The van der Waals surface area contributed by atoms with Crippen LogP contribution < -0.4 is 31.1 Å². The normalized spacial score (nSPS) is 20.3. The third kappa shape index (κ3) is 7.31. The molecule has 3 heterocycles. The molecule has 2 unspecified atom stereocenters. The van der Waals surface area contributed by atoms with Gasteiger partial charge in [-0.1, -0.05) is 214 Å². The van der Waals surface area contributed by atoms with Crippen molar-refractivity contribution in [1.29, 1.82) is 0 Å². The Hall–Kier alpha value is -7.56. The summed E-state index contributed by atoms with van der Waals surface area (Å²) in [5.74, 6) is 0. The number of anilines is 8. The van der Waals surface area contributed by atoms with E-state index in [1.165, 1.54) is 131 Å². The Morgan fingerprint density at radius 3 is 1.59 bits per heavy atom. The zero-order chi connectivity index (χ0) is 53.5. The highest BCUT2D eigenvalue weighted by Crippen LogP contribution is 2.62. The fourth-order valence-corrected chi connectivity index (χ4v) is 15.1. The first-order chi connectivity index (χ1) is 37.5. The van der Waals surface area contributed by atoms with Gasteiger partial charge in [-0.3, -0.25) is 0 Å². The van der Waals surface area contributed by atoms with Crippen molar-refractivity contribution >= 4 is 68.6 Å². The molecule has 78 heavy (non-hydrogen) atoms. The summed E-state index contributed by atoms with van der Waals surface area (Å²) in [5.41, 5.74) is 27.0. The van der Waals surface area contributed by atoms with Gasteiger partial charge in [0.2, 0.25) is 0 Å². The first-order valence-electron chi connectivity index (χ1n) is 29.0. The lowest BCUT2D eigenvalue weighted by atomic mass is 9.33. The highest BCUT2D eigenvalue weighted by atomic mass is 15.3. The molecular formula is C74H72BN3. The zero-order valence-electron chi connectivity index (χ0n) is 47.2. The standard InChI is InChI=1S/C74H72BN3/c1-70(2,3)54-34-38-63(57(44-54)52-27-17-12-18-28-52)77-66-48-60-59(71(4,5)41-42-72(60,6)7)47-62(66)75-61-43-53(50-25-15-11-16-26-50)33-37-65(61)76(55-35-31-51(32-36-55)49-23-13-10-14-24-49)67-45-56(46-68(77)69(67)75)78-64-30-20-19-29-58(64)73(8)39-21-22-40-74(73,78)9/h10-20,23-38,43-48H,21-22,39-42H2,1-9H3. The van der Waals surface area contributed by atoms with Crippen LogP contribution in [0.5, 0.6) is 0 Å². The van der Waals surface area contributed by atoms with Gasteiger partial charge in [0.25, 0.3) is 6.71 Å². The van der Waals surface area contributed by atoms with Gasteiger partial charge < -0.3 is 14.7 Å². The topological polar surface area (TPSA) is 9.72 Å². The molecule has 3 aliphatic heterocycles. The summed E-state index contributed by atoms with van der Waals surface area (Å²) in [4.78, 5) is 8.19. The second-order valence-corrected chi connectivity index (χ2v) is 26.3. The van der Waals surface area contributed by atoms with Gasteiger partial charge in [-0.15, -0.1) is 0 Å². The van der Waals surface area contributed by atoms with E-state index >= 15 is 0 Å². The molecule has 0 amide bonds. The summed E-state index contributed by atoms with van der Waals surface area (Å²) in [6.45, 7) is 22.1. The molecule has 2 atom stereocenters. The molecule has 5 aliphatic rings. The summed E-state index contributed by atoms with van der Waals surface area (Å²) >= 11 is 0. The highest BCUT2D eigenvalue weighted by molar-refractivity contribution is 7.00. The van der Waals surface area contributed by atoms with Crippen LogP contribution in [0.4, 0.5) is 45.5 Å². The molecule has 14 rings (SSSR count). The lowest BCUT2D eigenvalue weighted by Crippen LogP contribution is -2.62. The molecular weight excluding hydrogens is 942 g/mol. The van der Waals surface area contributed by atoms with Crippen molar-refractivity contribution in [1.82, 2.24) is 0 Å². The SMILES string of the molecule is CC(C)(C)c1ccc(N2c3cc4c(cc3B3c5cc(-c6ccccc6)ccc5N(c5ccc(-c6ccccc6)cc5)c5cc(N6c7ccccc7C7(C)CCCCC67C)cc2c53)C(C)(C)CCC4(C)C)c(-c2ccccc2)c1. The van der Waals surface area contributed by atoms with Crippen LogP contribution in [-0.2, 0) is 21.7 Å². The Labute approximate surface area is 464 Å². The Balaban J connectivity index is 1.14. The number of para-hydroxylation sites is 1. The van der Waals surface area contributed by atoms with Crippen LogP contribution in [0.25, 0.3) is 33.4 Å². The molecule has 386 valence electrons. The predicted octanol–water partition coefficient (Wildman–Crippen LogP) is 18.2. The van der Waals surface area contributed by atoms with E-state index in [1.54, 1.807) is 0 Å². The van der Waals surface area contributed by atoms with Gasteiger partial charge in [-0.25, -0.2) is 0 Å². The largest absolute Gasteiger partial charge is 0.334 e. The maximum atomic E-state index is 2.81. The summed E-state index contributed by atoms with van der Waals surface area (Å²) in [7, 11) is 0. The van der Waals surface area contributed by atoms with E-state index in [-0.39, 0.29) is 33.9 Å². The van der Waals surface area contributed by atoms with E-state index in [1.807, 2.05) is 0 Å². The minimum atomic E-state index is -0.149. The van der Waals surface area contributed by atoms with Crippen LogP contribution in [0.1, 0.15) is 123 Å². The fourth-order valence-electron chi connectivity index (χ4n) is 15.1. The molecule has 4 heteroatoms. The van der Waals surface area contributed by atoms with Crippen molar-refractivity contribution in [3.05, 3.63) is 222 Å². The molecule has 3 nitrogen and oxygen atoms in total. The number of hydrogen-bond donors (Lipinski definition) is 0. The van der Waals surface area contributed by atoms with Crippen LogP contribution in [0.3, 0.4) is 0 Å². The number of hydrogen-bond acceptors (Lipinski definition) is 3. The fraction of sp³-hybridized carbons (Fsp3) is 0.270. The number of benzene rings is 9. The molecule has 0 radical (unpaired) electrons. The van der Waals surface area contributed by atoms with Crippen molar-refractivity contribution in [3.8, 4) is 33.4 Å². The Bertz CT molecular complexity index is 3830. The zero-order valence-corrected chi connectivity index (χ0v) is 47.2. The van der Waals surface area contributed by atoms with Crippen LogP contribution >= 0.6 is 0 Å². The molecule has 0 bridgehead atoms. The average Bonchev–Trinajstić information content (AvgIpc) is 3.22. The second kappa shape index (κ2) is 17.5. The molecule has 1 saturated carbocycles. The van der Waals surface area contributed by atoms with Crippen LogP contribution in [0.2, 0.25) is 0 Å². The van der Waals surface area contributed by atoms with Crippen LogP contribution in [0.15, 0.2) is 200 Å². The molecule has 0 aromatic heterocycles.